The SMILES string of the molecule is CCOC(=O)c1cnn(-c2ccccc2)c1NC(=O)C=Cc1ccc(C)o1. The van der Waals surface area contributed by atoms with E-state index in [1.165, 1.54) is 17.0 Å². The van der Waals surface area contributed by atoms with Crippen molar-refractivity contribution in [1.29, 1.82) is 0 Å². The third kappa shape index (κ3) is 4.33. The molecule has 0 aliphatic carbocycles. The standard InChI is InChI=1S/C20H19N3O4/c1-3-26-20(25)17-13-21-23(15-7-5-4-6-8-15)19(17)22-18(24)12-11-16-10-9-14(2)27-16/h4-13H,3H2,1-2H3,(H,22,24). The maximum atomic E-state index is 12.4. The molecule has 0 bridgehead atoms. The number of hydrogen-bond acceptors (Lipinski definition) is 5. The molecular formula is C20H19N3O4. The number of carbonyl (C=O) groups is 2. The second-order valence-electron chi connectivity index (χ2n) is 5.65. The first-order chi connectivity index (χ1) is 13.1. The summed E-state index contributed by atoms with van der Waals surface area (Å²) in [6.45, 7) is 3.76. The first-order valence-electron chi connectivity index (χ1n) is 8.44. The minimum Gasteiger partial charge on any atom is -0.462 e. The van der Waals surface area contributed by atoms with Crippen LogP contribution in [0.25, 0.3) is 11.8 Å². The largest absolute Gasteiger partial charge is 0.462 e. The average molecular weight is 365 g/mol. The molecule has 0 aliphatic heterocycles. The number of aryl methyl sites for hydroxylation is 1. The van der Waals surface area contributed by atoms with E-state index in [4.69, 9.17) is 9.15 Å². The van der Waals surface area contributed by atoms with Crippen molar-refractivity contribution in [3.63, 3.8) is 0 Å². The quantitative estimate of drug-likeness (QED) is 0.533. The minimum atomic E-state index is -0.555. The lowest BCUT2D eigenvalue weighted by Gasteiger charge is -2.09. The molecule has 2 heterocycles. The van der Waals surface area contributed by atoms with Gasteiger partial charge in [-0.2, -0.15) is 5.10 Å². The van der Waals surface area contributed by atoms with E-state index >= 15 is 0 Å². The van der Waals surface area contributed by atoms with Gasteiger partial charge in [-0.05, 0) is 44.2 Å². The number of benzene rings is 1. The lowest BCUT2D eigenvalue weighted by atomic mass is 10.3. The van der Waals surface area contributed by atoms with E-state index in [2.05, 4.69) is 10.4 Å². The molecule has 1 N–H and O–H groups in total. The Hall–Kier alpha value is -3.61. The normalized spacial score (nSPS) is 10.9. The van der Waals surface area contributed by atoms with Crippen molar-refractivity contribution in [2.24, 2.45) is 0 Å². The van der Waals surface area contributed by atoms with Crippen LogP contribution in [0.4, 0.5) is 5.82 Å². The molecule has 0 saturated heterocycles. The predicted octanol–water partition coefficient (Wildman–Crippen LogP) is 3.60. The van der Waals surface area contributed by atoms with Crippen molar-refractivity contribution in [2.75, 3.05) is 11.9 Å². The Morgan fingerprint density at radius 3 is 2.67 bits per heavy atom. The molecule has 0 atom stereocenters. The van der Waals surface area contributed by atoms with Gasteiger partial charge in [0.05, 0.1) is 18.5 Å². The zero-order valence-electron chi connectivity index (χ0n) is 15.0. The molecule has 0 unspecified atom stereocenters. The smallest absolute Gasteiger partial charge is 0.343 e. The summed E-state index contributed by atoms with van der Waals surface area (Å²) in [5, 5.41) is 6.93. The Kier molecular flexibility index (Phi) is 5.51. The van der Waals surface area contributed by atoms with Crippen LogP contribution in [0, 0.1) is 6.92 Å². The Morgan fingerprint density at radius 1 is 1.22 bits per heavy atom. The van der Waals surface area contributed by atoms with Crippen LogP contribution < -0.4 is 5.32 Å². The fourth-order valence-electron chi connectivity index (χ4n) is 2.45. The molecule has 7 heteroatoms. The van der Waals surface area contributed by atoms with Crippen molar-refractivity contribution >= 4 is 23.8 Å². The summed E-state index contributed by atoms with van der Waals surface area (Å²) >= 11 is 0. The summed E-state index contributed by atoms with van der Waals surface area (Å²) in [6.07, 6.45) is 4.26. The van der Waals surface area contributed by atoms with Crippen LogP contribution in [0.1, 0.15) is 28.8 Å². The van der Waals surface area contributed by atoms with E-state index < -0.39 is 11.9 Å². The summed E-state index contributed by atoms with van der Waals surface area (Å²) in [6, 6.07) is 12.7. The number of ether oxygens (including phenoxy) is 1. The second-order valence-corrected chi connectivity index (χ2v) is 5.65. The molecule has 3 rings (SSSR count). The second kappa shape index (κ2) is 8.18. The Bertz CT molecular complexity index is 970. The number of amides is 1. The molecule has 27 heavy (non-hydrogen) atoms. The number of nitrogens with zero attached hydrogens (tertiary/aromatic N) is 2. The van der Waals surface area contributed by atoms with Crippen molar-refractivity contribution in [2.45, 2.75) is 13.8 Å². The fourth-order valence-corrected chi connectivity index (χ4v) is 2.45. The molecule has 3 aromatic rings. The molecule has 1 aromatic carbocycles. The minimum absolute atomic E-state index is 0.177. The number of rotatable bonds is 6. The lowest BCUT2D eigenvalue weighted by molar-refractivity contribution is -0.111. The highest BCUT2D eigenvalue weighted by atomic mass is 16.5. The van der Waals surface area contributed by atoms with Gasteiger partial charge in [-0.3, -0.25) is 4.79 Å². The van der Waals surface area contributed by atoms with Crippen LogP contribution in [-0.4, -0.2) is 28.3 Å². The number of anilines is 1. The van der Waals surface area contributed by atoms with Crippen molar-refractivity contribution in [3.05, 3.63) is 71.8 Å². The van der Waals surface area contributed by atoms with Crippen molar-refractivity contribution in [1.82, 2.24) is 9.78 Å². The molecule has 0 saturated carbocycles. The molecule has 0 aliphatic rings. The van der Waals surface area contributed by atoms with Gasteiger partial charge < -0.3 is 14.5 Å². The van der Waals surface area contributed by atoms with Gasteiger partial charge in [-0.25, -0.2) is 9.48 Å². The maximum Gasteiger partial charge on any atom is 0.343 e. The van der Waals surface area contributed by atoms with Crippen LogP contribution in [0.5, 0.6) is 0 Å². The zero-order chi connectivity index (χ0) is 19.2. The molecule has 0 radical (unpaired) electrons. The summed E-state index contributed by atoms with van der Waals surface area (Å²) < 4.78 is 11.9. The van der Waals surface area contributed by atoms with Gasteiger partial charge in [0.25, 0.3) is 0 Å². The predicted molar refractivity (Wildman–Crippen MR) is 101 cm³/mol. The Labute approximate surface area is 156 Å². The molecule has 0 spiro atoms. The summed E-state index contributed by atoms with van der Waals surface area (Å²) in [5.41, 5.74) is 0.880. The summed E-state index contributed by atoms with van der Waals surface area (Å²) in [4.78, 5) is 24.6. The van der Waals surface area contributed by atoms with Gasteiger partial charge in [-0.1, -0.05) is 18.2 Å². The average Bonchev–Trinajstić information content (AvgIpc) is 3.27. The van der Waals surface area contributed by atoms with E-state index in [-0.39, 0.29) is 18.0 Å². The van der Waals surface area contributed by atoms with Crippen LogP contribution in [-0.2, 0) is 9.53 Å². The number of carbonyl (C=O) groups excluding carboxylic acids is 2. The van der Waals surface area contributed by atoms with Crippen molar-refractivity contribution in [3.8, 4) is 5.69 Å². The van der Waals surface area contributed by atoms with Gasteiger partial charge in [0.15, 0.2) is 5.82 Å². The maximum absolute atomic E-state index is 12.4. The van der Waals surface area contributed by atoms with Gasteiger partial charge in [0.1, 0.15) is 17.1 Å². The highest BCUT2D eigenvalue weighted by molar-refractivity contribution is 6.05. The molecule has 1 amide bonds. The van der Waals surface area contributed by atoms with E-state index in [0.29, 0.717) is 11.4 Å². The number of aromatic nitrogens is 2. The zero-order valence-corrected chi connectivity index (χ0v) is 15.0. The molecule has 7 nitrogen and oxygen atoms in total. The first-order valence-corrected chi connectivity index (χ1v) is 8.44. The Morgan fingerprint density at radius 2 is 2.00 bits per heavy atom. The van der Waals surface area contributed by atoms with Gasteiger partial charge in [-0.15, -0.1) is 0 Å². The summed E-state index contributed by atoms with van der Waals surface area (Å²) in [7, 11) is 0. The molecule has 2 aromatic heterocycles. The number of furan rings is 1. The number of para-hydroxylation sites is 1. The monoisotopic (exact) mass is 365 g/mol. The van der Waals surface area contributed by atoms with Crippen LogP contribution >= 0.6 is 0 Å². The molecule has 138 valence electrons. The van der Waals surface area contributed by atoms with Crippen LogP contribution in [0.15, 0.2) is 59.2 Å². The van der Waals surface area contributed by atoms with E-state index in [0.717, 1.165) is 5.76 Å². The topological polar surface area (TPSA) is 86.4 Å². The third-order valence-electron chi connectivity index (χ3n) is 3.67. The molecule has 0 fully saturated rings. The first kappa shape index (κ1) is 18.2. The highest BCUT2D eigenvalue weighted by Crippen LogP contribution is 2.21. The van der Waals surface area contributed by atoms with E-state index in [1.807, 2.05) is 37.3 Å². The summed E-state index contributed by atoms with van der Waals surface area (Å²) in [5.74, 6) is 0.574. The Balaban J connectivity index is 1.89. The van der Waals surface area contributed by atoms with Gasteiger partial charge in [0.2, 0.25) is 5.91 Å². The highest BCUT2D eigenvalue weighted by Gasteiger charge is 2.20. The number of esters is 1. The molecular weight excluding hydrogens is 346 g/mol. The van der Waals surface area contributed by atoms with Crippen LogP contribution in [0.2, 0.25) is 0 Å². The van der Waals surface area contributed by atoms with E-state index in [9.17, 15) is 9.59 Å². The van der Waals surface area contributed by atoms with Gasteiger partial charge in [0, 0.05) is 6.08 Å². The van der Waals surface area contributed by atoms with E-state index in [1.54, 1.807) is 25.1 Å². The van der Waals surface area contributed by atoms with Gasteiger partial charge >= 0.3 is 5.97 Å². The fraction of sp³-hybridized carbons (Fsp3) is 0.150. The van der Waals surface area contributed by atoms with Crippen LogP contribution in [0.3, 0.4) is 0 Å². The third-order valence-corrected chi connectivity index (χ3v) is 3.67. The number of hydrogen-bond donors (Lipinski definition) is 1. The lowest BCUT2D eigenvalue weighted by Crippen LogP contribution is -2.16. The van der Waals surface area contributed by atoms with Crippen molar-refractivity contribution < 1.29 is 18.7 Å². The number of nitrogens with one attached hydrogen (secondary N) is 1.